The van der Waals surface area contributed by atoms with Gasteiger partial charge in [-0.1, -0.05) is 28.0 Å². The largest absolute Gasteiger partial charge is 0.356 e. The van der Waals surface area contributed by atoms with E-state index in [0.717, 1.165) is 4.47 Å². The highest BCUT2D eigenvalue weighted by Gasteiger charge is 2.04. The van der Waals surface area contributed by atoms with E-state index < -0.39 is 0 Å². The summed E-state index contributed by atoms with van der Waals surface area (Å²) in [4.78, 5) is 6.67. The van der Waals surface area contributed by atoms with Crippen molar-refractivity contribution in [3.8, 4) is 5.75 Å². The Bertz CT molecular complexity index is 487. The first-order chi connectivity index (χ1) is 7.15. The van der Waals surface area contributed by atoms with Crippen molar-refractivity contribution in [2.24, 2.45) is 0 Å². The molecule has 6 heteroatoms. The lowest BCUT2D eigenvalue weighted by molar-refractivity contribution is 0.179. The molecule has 0 aliphatic rings. The van der Waals surface area contributed by atoms with E-state index in [-0.39, 0.29) is 0 Å². The first kappa shape index (κ1) is 10.8. The molecule has 3 nitrogen and oxygen atoms in total. The van der Waals surface area contributed by atoms with Gasteiger partial charge in [0.2, 0.25) is 0 Å². The first-order valence-electron chi connectivity index (χ1n) is 3.99. The molecule has 0 unspecified atom stereocenters. The van der Waals surface area contributed by atoms with E-state index in [2.05, 4.69) is 21.0 Å². The van der Waals surface area contributed by atoms with Crippen LogP contribution in [0.15, 0.2) is 35.1 Å². The van der Waals surface area contributed by atoms with Gasteiger partial charge >= 0.3 is 0 Å². The van der Waals surface area contributed by atoms with Gasteiger partial charge in [0, 0.05) is 5.02 Å². The van der Waals surface area contributed by atoms with Crippen LogP contribution in [-0.4, -0.2) is 9.94 Å². The Hall–Kier alpha value is -0.710. The Kier molecular flexibility index (Phi) is 3.19. The van der Waals surface area contributed by atoms with E-state index in [9.17, 15) is 0 Å². The average Bonchev–Trinajstić information content (AvgIpc) is 2.56. The number of rotatable bonds is 2. The summed E-state index contributed by atoms with van der Waals surface area (Å²) in [7, 11) is 0. The second-order valence-electron chi connectivity index (χ2n) is 2.73. The Morgan fingerprint density at radius 2 is 2.13 bits per heavy atom. The Balaban J connectivity index is 2.24. The number of halogens is 3. The van der Waals surface area contributed by atoms with Gasteiger partial charge in [-0.15, -0.1) is 5.10 Å². The summed E-state index contributed by atoms with van der Waals surface area (Å²) >= 11 is 14.9. The number of hydrogen-bond donors (Lipinski definition) is 0. The van der Waals surface area contributed by atoms with E-state index in [1.54, 1.807) is 30.6 Å². The standard InChI is InChI=1S/C9H5BrCl2N2O/c10-6-4-13-14(5-6)15-9-2-1-7(11)3-8(9)12/h1-5H. The summed E-state index contributed by atoms with van der Waals surface area (Å²) in [6, 6.07) is 4.98. The molecule has 0 amide bonds. The van der Waals surface area contributed by atoms with Crippen molar-refractivity contribution >= 4 is 39.1 Å². The summed E-state index contributed by atoms with van der Waals surface area (Å²) < 4.78 is 0.826. The highest BCUT2D eigenvalue weighted by Crippen LogP contribution is 2.27. The summed E-state index contributed by atoms with van der Waals surface area (Å²) in [5, 5.41) is 4.93. The maximum absolute atomic E-state index is 5.92. The molecule has 1 aromatic heterocycles. The molecular weight excluding hydrogens is 303 g/mol. The number of aromatic nitrogens is 2. The molecule has 0 aliphatic carbocycles. The minimum absolute atomic E-state index is 0.439. The highest BCUT2D eigenvalue weighted by molar-refractivity contribution is 9.10. The molecular formula is C9H5BrCl2N2O. The molecule has 0 saturated heterocycles. The van der Waals surface area contributed by atoms with Gasteiger partial charge in [-0.2, -0.15) is 0 Å². The average molecular weight is 308 g/mol. The molecule has 0 atom stereocenters. The van der Waals surface area contributed by atoms with Crippen molar-refractivity contribution in [3.63, 3.8) is 0 Å². The van der Waals surface area contributed by atoms with Crippen LogP contribution in [0.1, 0.15) is 0 Å². The fraction of sp³-hybridized carbons (Fsp3) is 0. The molecule has 1 aromatic carbocycles. The lowest BCUT2D eigenvalue weighted by Gasteiger charge is -2.05. The zero-order valence-electron chi connectivity index (χ0n) is 7.32. The van der Waals surface area contributed by atoms with E-state index >= 15 is 0 Å². The van der Waals surface area contributed by atoms with Gasteiger partial charge in [0.05, 0.1) is 21.9 Å². The number of benzene rings is 1. The Morgan fingerprint density at radius 1 is 1.33 bits per heavy atom. The summed E-state index contributed by atoms with van der Waals surface area (Å²) in [6.07, 6.45) is 3.29. The number of hydrogen-bond acceptors (Lipinski definition) is 2. The molecule has 0 spiro atoms. The summed E-state index contributed by atoms with van der Waals surface area (Å²) in [5.41, 5.74) is 0. The summed E-state index contributed by atoms with van der Waals surface area (Å²) in [5.74, 6) is 0.497. The van der Waals surface area contributed by atoms with Gasteiger partial charge in [0.1, 0.15) is 0 Å². The third-order valence-electron chi connectivity index (χ3n) is 1.61. The van der Waals surface area contributed by atoms with Gasteiger partial charge in [0.25, 0.3) is 0 Å². The van der Waals surface area contributed by atoms with Gasteiger partial charge in [-0.05, 0) is 34.1 Å². The van der Waals surface area contributed by atoms with Crippen LogP contribution in [-0.2, 0) is 0 Å². The number of nitrogens with zero attached hydrogens (tertiary/aromatic N) is 2. The minimum Gasteiger partial charge on any atom is -0.356 e. The molecule has 15 heavy (non-hydrogen) atoms. The maximum atomic E-state index is 5.92. The fourth-order valence-electron chi connectivity index (χ4n) is 0.984. The van der Waals surface area contributed by atoms with Crippen molar-refractivity contribution in [3.05, 3.63) is 45.1 Å². The highest BCUT2D eigenvalue weighted by atomic mass is 79.9. The van der Waals surface area contributed by atoms with Gasteiger partial charge in [0.15, 0.2) is 5.75 Å². The Morgan fingerprint density at radius 3 is 2.73 bits per heavy atom. The second kappa shape index (κ2) is 4.43. The third kappa shape index (κ3) is 2.65. The first-order valence-corrected chi connectivity index (χ1v) is 5.53. The van der Waals surface area contributed by atoms with Gasteiger partial charge in [-0.3, -0.25) is 0 Å². The Labute approximate surface area is 105 Å². The molecule has 0 N–H and O–H groups in total. The van der Waals surface area contributed by atoms with Crippen LogP contribution >= 0.6 is 39.1 Å². The molecule has 0 fully saturated rings. The smallest absolute Gasteiger partial charge is 0.176 e. The predicted octanol–water partition coefficient (Wildman–Crippen LogP) is 3.79. The van der Waals surface area contributed by atoms with Gasteiger partial charge in [-0.25, -0.2) is 0 Å². The second-order valence-corrected chi connectivity index (χ2v) is 4.49. The topological polar surface area (TPSA) is 27.1 Å². The van der Waals surface area contributed by atoms with Crippen LogP contribution in [0.3, 0.4) is 0 Å². The van der Waals surface area contributed by atoms with Crippen LogP contribution < -0.4 is 4.84 Å². The van der Waals surface area contributed by atoms with Crippen molar-refractivity contribution < 1.29 is 4.84 Å². The molecule has 2 rings (SSSR count). The molecule has 2 aromatic rings. The quantitative estimate of drug-likeness (QED) is 0.844. The summed E-state index contributed by atoms with van der Waals surface area (Å²) in [6.45, 7) is 0. The fourth-order valence-corrected chi connectivity index (χ4v) is 1.69. The molecule has 1 heterocycles. The van der Waals surface area contributed by atoms with E-state index in [4.69, 9.17) is 28.0 Å². The van der Waals surface area contributed by atoms with Crippen LogP contribution in [0.2, 0.25) is 10.0 Å². The van der Waals surface area contributed by atoms with Crippen molar-refractivity contribution in [1.29, 1.82) is 0 Å². The van der Waals surface area contributed by atoms with E-state index in [0.29, 0.717) is 15.8 Å². The molecule has 0 radical (unpaired) electrons. The van der Waals surface area contributed by atoms with Crippen LogP contribution in [0.5, 0.6) is 5.75 Å². The van der Waals surface area contributed by atoms with E-state index in [1.807, 2.05) is 0 Å². The predicted molar refractivity (Wildman–Crippen MR) is 62.4 cm³/mol. The van der Waals surface area contributed by atoms with Crippen LogP contribution in [0, 0.1) is 0 Å². The lowest BCUT2D eigenvalue weighted by atomic mass is 10.3. The van der Waals surface area contributed by atoms with Crippen molar-refractivity contribution in [2.45, 2.75) is 0 Å². The molecule has 0 saturated carbocycles. The van der Waals surface area contributed by atoms with Crippen molar-refractivity contribution in [2.75, 3.05) is 0 Å². The van der Waals surface area contributed by atoms with E-state index in [1.165, 1.54) is 4.85 Å². The van der Waals surface area contributed by atoms with Crippen LogP contribution in [0.4, 0.5) is 0 Å². The zero-order valence-corrected chi connectivity index (χ0v) is 10.4. The molecule has 0 bridgehead atoms. The van der Waals surface area contributed by atoms with Crippen molar-refractivity contribution in [1.82, 2.24) is 9.94 Å². The normalized spacial score (nSPS) is 10.3. The molecule has 0 aliphatic heterocycles. The zero-order chi connectivity index (χ0) is 10.8. The van der Waals surface area contributed by atoms with Crippen LogP contribution in [0.25, 0.3) is 0 Å². The van der Waals surface area contributed by atoms with Gasteiger partial charge < -0.3 is 4.84 Å². The molecule has 78 valence electrons. The maximum Gasteiger partial charge on any atom is 0.176 e. The lowest BCUT2D eigenvalue weighted by Crippen LogP contribution is -2.05. The SMILES string of the molecule is Clc1ccc(On2cc(Br)cn2)c(Cl)c1. The monoisotopic (exact) mass is 306 g/mol. The third-order valence-corrected chi connectivity index (χ3v) is 2.55. The minimum atomic E-state index is 0.439.